The van der Waals surface area contributed by atoms with Gasteiger partial charge < -0.3 is 15.4 Å². The molecule has 0 aliphatic rings. The summed E-state index contributed by atoms with van der Waals surface area (Å²) in [5.41, 5.74) is 0.745. The highest BCUT2D eigenvalue weighted by Crippen LogP contribution is 2.33. The highest BCUT2D eigenvalue weighted by atomic mass is 32.1. The van der Waals surface area contributed by atoms with Crippen LogP contribution in [0.4, 0.5) is 5.00 Å². The van der Waals surface area contributed by atoms with E-state index in [0.717, 1.165) is 11.3 Å². The molecule has 0 unspecified atom stereocenters. The first-order valence-electron chi connectivity index (χ1n) is 6.64. The minimum atomic E-state index is -0.571. The van der Waals surface area contributed by atoms with Crippen LogP contribution >= 0.6 is 11.3 Å². The zero-order chi connectivity index (χ0) is 16.2. The number of methoxy groups -OCH3 is 1. The molecule has 0 aliphatic carbocycles. The highest BCUT2D eigenvalue weighted by Gasteiger charge is 2.26. The van der Waals surface area contributed by atoms with E-state index in [9.17, 15) is 14.4 Å². The fraction of sp³-hybridized carbons (Fsp3) is 0.500. The Morgan fingerprint density at radius 1 is 1.29 bits per heavy atom. The number of hydrogen-bond acceptors (Lipinski definition) is 5. The van der Waals surface area contributed by atoms with Gasteiger partial charge in [0.05, 0.1) is 17.6 Å². The van der Waals surface area contributed by atoms with Gasteiger partial charge in [0, 0.05) is 12.5 Å². The lowest BCUT2D eigenvalue weighted by atomic mass is 10.1. The van der Waals surface area contributed by atoms with Crippen LogP contribution in [0.15, 0.2) is 0 Å². The van der Waals surface area contributed by atoms with Crippen molar-refractivity contribution >= 4 is 34.1 Å². The molecular formula is C14H20N2O4S. The summed E-state index contributed by atoms with van der Waals surface area (Å²) in [6, 6.07) is -0.0192. The molecule has 0 saturated carbocycles. The average Bonchev–Trinajstić information content (AvgIpc) is 2.73. The number of thiophene rings is 1. The molecule has 2 N–H and O–H groups in total. The molecule has 1 aromatic rings. The molecule has 0 aromatic carbocycles. The standard InChI is InChI=1S/C14H20N2O4S/c1-6-9(17)16-13-10(14(19)20-5)8(4)11(21-13)12(18)15-7(2)3/h7H,6H2,1-5H3,(H,15,18)(H,16,17). The van der Waals surface area contributed by atoms with Crippen LogP contribution in [-0.2, 0) is 9.53 Å². The maximum absolute atomic E-state index is 12.1. The van der Waals surface area contributed by atoms with Crippen molar-refractivity contribution in [3.05, 3.63) is 16.0 Å². The lowest BCUT2D eigenvalue weighted by molar-refractivity contribution is -0.115. The molecular weight excluding hydrogens is 292 g/mol. The van der Waals surface area contributed by atoms with Gasteiger partial charge in [-0.1, -0.05) is 6.92 Å². The van der Waals surface area contributed by atoms with E-state index in [4.69, 9.17) is 4.74 Å². The number of ether oxygens (including phenoxy) is 1. The van der Waals surface area contributed by atoms with Crippen molar-refractivity contribution in [3.63, 3.8) is 0 Å². The topological polar surface area (TPSA) is 84.5 Å². The van der Waals surface area contributed by atoms with Crippen LogP contribution in [0.5, 0.6) is 0 Å². The number of hydrogen-bond donors (Lipinski definition) is 2. The highest BCUT2D eigenvalue weighted by molar-refractivity contribution is 7.18. The van der Waals surface area contributed by atoms with Crippen LogP contribution in [0.2, 0.25) is 0 Å². The Kier molecular flexibility index (Phi) is 5.90. The van der Waals surface area contributed by atoms with Crippen LogP contribution in [0.3, 0.4) is 0 Å². The van der Waals surface area contributed by atoms with Crippen molar-refractivity contribution in [3.8, 4) is 0 Å². The molecule has 116 valence electrons. The zero-order valence-electron chi connectivity index (χ0n) is 12.8. The van der Waals surface area contributed by atoms with Crippen molar-refractivity contribution in [2.24, 2.45) is 0 Å². The third-order valence-electron chi connectivity index (χ3n) is 2.74. The Balaban J connectivity index is 3.26. The SMILES string of the molecule is CCC(=O)Nc1sc(C(=O)NC(C)C)c(C)c1C(=O)OC. The Morgan fingerprint density at radius 3 is 2.38 bits per heavy atom. The number of carbonyl (C=O) groups excluding carboxylic acids is 3. The molecule has 2 amide bonds. The summed E-state index contributed by atoms with van der Waals surface area (Å²) in [4.78, 5) is 36.0. The van der Waals surface area contributed by atoms with Crippen molar-refractivity contribution in [2.75, 3.05) is 12.4 Å². The van der Waals surface area contributed by atoms with Gasteiger partial charge >= 0.3 is 5.97 Å². The van der Waals surface area contributed by atoms with E-state index in [0.29, 0.717) is 15.4 Å². The van der Waals surface area contributed by atoms with E-state index >= 15 is 0 Å². The molecule has 1 heterocycles. The summed E-state index contributed by atoms with van der Waals surface area (Å²) >= 11 is 1.08. The molecule has 0 radical (unpaired) electrons. The van der Waals surface area contributed by atoms with Gasteiger partial charge in [-0.25, -0.2) is 4.79 Å². The summed E-state index contributed by atoms with van der Waals surface area (Å²) in [5.74, 6) is -1.06. The largest absolute Gasteiger partial charge is 0.465 e. The lowest BCUT2D eigenvalue weighted by Crippen LogP contribution is -2.29. The molecule has 0 atom stereocenters. The number of esters is 1. The first kappa shape index (κ1) is 17.2. The Hall–Kier alpha value is -1.89. The fourth-order valence-corrected chi connectivity index (χ4v) is 2.82. The van der Waals surface area contributed by atoms with Gasteiger partial charge in [0.25, 0.3) is 5.91 Å². The number of carbonyl (C=O) groups is 3. The molecule has 21 heavy (non-hydrogen) atoms. The number of amides is 2. The molecule has 1 aromatic heterocycles. The van der Waals surface area contributed by atoms with E-state index in [1.807, 2.05) is 13.8 Å². The lowest BCUT2D eigenvalue weighted by Gasteiger charge is -2.07. The van der Waals surface area contributed by atoms with E-state index in [1.54, 1.807) is 13.8 Å². The molecule has 7 heteroatoms. The van der Waals surface area contributed by atoms with Crippen LogP contribution in [-0.4, -0.2) is 30.9 Å². The summed E-state index contributed by atoms with van der Waals surface area (Å²) in [5, 5.41) is 5.76. The van der Waals surface area contributed by atoms with Gasteiger partial charge in [0.2, 0.25) is 5.91 Å². The second-order valence-electron chi connectivity index (χ2n) is 4.78. The third-order valence-corrected chi connectivity index (χ3v) is 3.94. The van der Waals surface area contributed by atoms with Crippen LogP contribution in [0.25, 0.3) is 0 Å². The summed E-state index contributed by atoms with van der Waals surface area (Å²) < 4.78 is 4.73. The van der Waals surface area contributed by atoms with Gasteiger partial charge in [-0.3, -0.25) is 9.59 Å². The van der Waals surface area contributed by atoms with Gasteiger partial charge in [0.1, 0.15) is 5.00 Å². The van der Waals surface area contributed by atoms with Gasteiger partial charge in [-0.05, 0) is 26.3 Å². The van der Waals surface area contributed by atoms with E-state index in [1.165, 1.54) is 7.11 Å². The summed E-state index contributed by atoms with van der Waals surface area (Å²) in [6.45, 7) is 7.07. The predicted octanol–water partition coefficient (Wildman–Crippen LogP) is 2.33. The average molecular weight is 312 g/mol. The monoisotopic (exact) mass is 312 g/mol. The molecule has 1 rings (SSSR count). The maximum atomic E-state index is 12.1. The first-order valence-corrected chi connectivity index (χ1v) is 7.45. The summed E-state index contributed by atoms with van der Waals surface area (Å²) in [7, 11) is 1.26. The fourth-order valence-electron chi connectivity index (χ4n) is 1.71. The van der Waals surface area contributed by atoms with Crippen LogP contribution in [0.1, 0.15) is 52.8 Å². The van der Waals surface area contributed by atoms with Gasteiger partial charge in [-0.2, -0.15) is 0 Å². The predicted molar refractivity (Wildman–Crippen MR) is 81.9 cm³/mol. The minimum Gasteiger partial charge on any atom is -0.465 e. The molecule has 0 saturated heterocycles. The smallest absolute Gasteiger partial charge is 0.341 e. The zero-order valence-corrected chi connectivity index (χ0v) is 13.6. The van der Waals surface area contributed by atoms with E-state index < -0.39 is 5.97 Å². The van der Waals surface area contributed by atoms with Crippen molar-refractivity contribution < 1.29 is 19.1 Å². The molecule has 0 spiro atoms. The second-order valence-corrected chi connectivity index (χ2v) is 5.80. The van der Waals surface area contributed by atoms with Crippen LogP contribution in [0, 0.1) is 6.92 Å². The van der Waals surface area contributed by atoms with Gasteiger partial charge in [-0.15, -0.1) is 11.3 Å². The van der Waals surface area contributed by atoms with Gasteiger partial charge in [0.15, 0.2) is 0 Å². The number of anilines is 1. The normalized spacial score (nSPS) is 10.4. The quantitative estimate of drug-likeness (QED) is 0.817. The van der Waals surface area contributed by atoms with E-state index in [-0.39, 0.29) is 29.8 Å². The van der Waals surface area contributed by atoms with Crippen LogP contribution < -0.4 is 10.6 Å². The molecule has 6 nitrogen and oxygen atoms in total. The van der Waals surface area contributed by atoms with Crippen molar-refractivity contribution in [1.82, 2.24) is 5.32 Å². The van der Waals surface area contributed by atoms with Crippen molar-refractivity contribution in [1.29, 1.82) is 0 Å². The maximum Gasteiger partial charge on any atom is 0.341 e. The Bertz CT molecular complexity index is 564. The van der Waals surface area contributed by atoms with Crippen molar-refractivity contribution in [2.45, 2.75) is 40.2 Å². The number of nitrogens with one attached hydrogen (secondary N) is 2. The number of rotatable bonds is 5. The third kappa shape index (κ3) is 4.04. The summed E-state index contributed by atoms with van der Waals surface area (Å²) in [6.07, 6.45) is 0.283. The molecule has 0 aliphatic heterocycles. The molecule has 0 fully saturated rings. The minimum absolute atomic E-state index is 0.0192. The Labute approximate surface area is 127 Å². The van der Waals surface area contributed by atoms with E-state index in [2.05, 4.69) is 10.6 Å². The second kappa shape index (κ2) is 7.21. The Morgan fingerprint density at radius 2 is 1.90 bits per heavy atom. The molecule has 0 bridgehead atoms. The first-order chi connectivity index (χ1) is 9.81.